The second kappa shape index (κ2) is 6.61. The highest BCUT2D eigenvalue weighted by Gasteiger charge is 2.05. The van der Waals surface area contributed by atoms with E-state index in [1.807, 2.05) is 24.3 Å². The molecule has 0 spiro atoms. The number of para-hydroxylation sites is 2. The minimum absolute atomic E-state index is 0.0447. The van der Waals surface area contributed by atoms with Crippen molar-refractivity contribution < 1.29 is 9.47 Å². The Balaban J connectivity index is 2.14. The van der Waals surface area contributed by atoms with E-state index in [0.29, 0.717) is 23.7 Å². The average molecular weight is 270 g/mol. The molecule has 2 aromatic carbocycles. The highest BCUT2D eigenvalue weighted by Crippen LogP contribution is 2.31. The maximum absolute atomic E-state index is 7.35. The van der Waals surface area contributed by atoms with Crippen LogP contribution in [0.3, 0.4) is 0 Å². The first-order chi connectivity index (χ1) is 9.70. The van der Waals surface area contributed by atoms with E-state index in [2.05, 4.69) is 6.92 Å². The van der Waals surface area contributed by atoms with E-state index in [9.17, 15) is 0 Å². The van der Waals surface area contributed by atoms with E-state index < -0.39 is 0 Å². The van der Waals surface area contributed by atoms with Gasteiger partial charge in [0.25, 0.3) is 0 Å². The Bertz CT molecular complexity index is 579. The zero-order valence-corrected chi connectivity index (χ0v) is 11.4. The molecule has 0 saturated carbocycles. The van der Waals surface area contributed by atoms with Crippen LogP contribution in [0.2, 0.25) is 0 Å². The molecule has 3 N–H and O–H groups in total. The molecule has 4 heteroatoms. The molecule has 0 amide bonds. The number of nitrogens with two attached hydrogens (primary N) is 1. The molecular formula is C16H18N2O2. The molecule has 0 atom stereocenters. The first-order valence-electron chi connectivity index (χ1n) is 6.55. The van der Waals surface area contributed by atoms with Gasteiger partial charge in [-0.15, -0.1) is 0 Å². The summed E-state index contributed by atoms with van der Waals surface area (Å²) in [7, 11) is 0. The van der Waals surface area contributed by atoms with Gasteiger partial charge in [-0.05, 0) is 42.8 Å². The van der Waals surface area contributed by atoms with Crippen molar-refractivity contribution >= 4 is 5.84 Å². The highest BCUT2D eigenvalue weighted by atomic mass is 16.5. The Morgan fingerprint density at radius 2 is 1.70 bits per heavy atom. The SMILES string of the molecule is CCCOc1ccccc1Oc1ccc(C(=N)N)cc1. The minimum Gasteiger partial charge on any atom is -0.490 e. The lowest BCUT2D eigenvalue weighted by Gasteiger charge is -2.12. The Morgan fingerprint density at radius 1 is 1.05 bits per heavy atom. The van der Waals surface area contributed by atoms with Crippen molar-refractivity contribution in [2.45, 2.75) is 13.3 Å². The predicted octanol–water partition coefficient (Wildman–Crippen LogP) is 3.55. The summed E-state index contributed by atoms with van der Waals surface area (Å²) >= 11 is 0. The summed E-state index contributed by atoms with van der Waals surface area (Å²) < 4.78 is 11.4. The smallest absolute Gasteiger partial charge is 0.169 e. The van der Waals surface area contributed by atoms with Crippen LogP contribution in [0.15, 0.2) is 48.5 Å². The largest absolute Gasteiger partial charge is 0.490 e. The Hall–Kier alpha value is -2.49. The number of nitrogens with one attached hydrogen (secondary N) is 1. The number of hydrogen-bond acceptors (Lipinski definition) is 3. The molecule has 20 heavy (non-hydrogen) atoms. The first kappa shape index (κ1) is 13.9. The minimum atomic E-state index is 0.0447. The molecule has 0 aliphatic heterocycles. The summed E-state index contributed by atoms with van der Waals surface area (Å²) in [5.74, 6) is 2.13. The van der Waals surface area contributed by atoms with Crippen molar-refractivity contribution in [3.63, 3.8) is 0 Å². The van der Waals surface area contributed by atoms with Gasteiger partial charge in [-0.25, -0.2) is 0 Å². The predicted molar refractivity (Wildman–Crippen MR) is 79.8 cm³/mol. The Labute approximate surface area is 118 Å². The molecule has 2 aromatic rings. The van der Waals surface area contributed by atoms with Gasteiger partial charge in [0.05, 0.1) is 6.61 Å². The average Bonchev–Trinajstić information content (AvgIpc) is 2.47. The summed E-state index contributed by atoms with van der Waals surface area (Å²) in [5, 5.41) is 7.35. The van der Waals surface area contributed by atoms with E-state index in [1.165, 1.54) is 0 Å². The zero-order valence-electron chi connectivity index (χ0n) is 11.4. The molecule has 2 rings (SSSR count). The fourth-order valence-electron chi connectivity index (χ4n) is 1.70. The maximum Gasteiger partial charge on any atom is 0.169 e. The molecule has 0 fully saturated rings. The molecule has 0 saturated heterocycles. The lowest BCUT2D eigenvalue weighted by atomic mass is 10.2. The van der Waals surface area contributed by atoms with E-state index in [0.717, 1.165) is 12.2 Å². The maximum atomic E-state index is 7.35. The number of benzene rings is 2. The van der Waals surface area contributed by atoms with Crippen molar-refractivity contribution in [2.24, 2.45) is 5.73 Å². The number of rotatable bonds is 6. The zero-order chi connectivity index (χ0) is 14.4. The van der Waals surface area contributed by atoms with Gasteiger partial charge >= 0.3 is 0 Å². The Morgan fingerprint density at radius 3 is 2.30 bits per heavy atom. The van der Waals surface area contributed by atoms with Gasteiger partial charge in [-0.2, -0.15) is 0 Å². The second-order valence-electron chi connectivity index (χ2n) is 4.34. The van der Waals surface area contributed by atoms with Crippen LogP contribution in [0.1, 0.15) is 18.9 Å². The first-order valence-corrected chi connectivity index (χ1v) is 6.55. The van der Waals surface area contributed by atoms with Gasteiger partial charge in [0, 0.05) is 5.56 Å². The van der Waals surface area contributed by atoms with Crippen molar-refractivity contribution in [1.82, 2.24) is 0 Å². The molecule has 0 aliphatic carbocycles. The molecule has 0 bridgehead atoms. The summed E-state index contributed by atoms with van der Waals surface area (Å²) in [4.78, 5) is 0. The summed E-state index contributed by atoms with van der Waals surface area (Å²) in [6, 6.07) is 14.6. The molecular weight excluding hydrogens is 252 g/mol. The van der Waals surface area contributed by atoms with Crippen LogP contribution in [0.5, 0.6) is 17.2 Å². The summed E-state index contributed by atoms with van der Waals surface area (Å²) in [5.41, 5.74) is 6.09. The Kier molecular flexibility index (Phi) is 4.60. The quantitative estimate of drug-likeness (QED) is 0.623. The standard InChI is InChI=1S/C16H18N2O2/c1-2-11-19-14-5-3-4-6-15(14)20-13-9-7-12(8-10-13)16(17)18/h3-10H,2,11H2,1H3,(H3,17,18). The van der Waals surface area contributed by atoms with Crippen molar-refractivity contribution in [3.8, 4) is 17.2 Å². The van der Waals surface area contributed by atoms with Gasteiger partial charge in [-0.3, -0.25) is 5.41 Å². The third kappa shape index (κ3) is 3.51. The normalized spacial score (nSPS) is 10.1. The van der Waals surface area contributed by atoms with Crippen LogP contribution in [0.4, 0.5) is 0 Å². The van der Waals surface area contributed by atoms with Crippen LogP contribution >= 0.6 is 0 Å². The molecule has 0 radical (unpaired) electrons. The number of ether oxygens (including phenoxy) is 2. The summed E-state index contributed by atoms with van der Waals surface area (Å²) in [6.07, 6.45) is 0.946. The van der Waals surface area contributed by atoms with E-state index in [4.69, 9.17) is 20.6 Å². The van der Waals surface area contributed by atoms with Crippen LogP contribution < -0.4 is 15.2 Å². The fraction of sp³-hybridized carbons (Fsp3) is 0.188. The van der Waals surface area contributed by atoms with Crippen LogP contribution in [-0.2, 0) is 0 Å². The van der Waals surface area contributed by atoms with Gasteiger partial charge < -0.3 is 15.2 Å². The van der Waals surface area contributed by atoms with Crippen LogP contribution in [0.25, 0.3) is 0 Å². The highest BCUT2D eigenvalue weighted by molar-refractivity contribution is 5.94. The molecule has 0 aromatic heterocycles. The van der Waals surface area contributed by atoms with Gasteiger partial charge in [0.2, 0.25) is 0 Å². The lowest BCUT2D eigenvalue weighted by Crippen LogP contribution is -2.10. The monoisotopic (exact) mass is 270 g/mol. The van der Waals surface area contributed by atoms with Gasteiger partial charge in [0.1, 0.15) is 11.6 Å². The van der Waals surface area contributed by atoms with Gasteiger partial charge in [-0.1, -0.05) is 19.1 Å². The van der Waals surface area contributed by atoms with Crippen LogP contribution in [0, 0.1) is 5.41 Å². The molecule has 0 heterocycles. The molecule has 0 aliphatic rings. The molecule has 4 nitrogen and oxygen atoms in total. The molecule has 0 unspecified atom stereocenters. The third-order valence-electron chi connectivity index (χ3n) is 2.70. The van der Waals surface area contributed by atoms with Crippen molar-refractivity contribution in [1.29, 1.82) is 5.41 Å². The van der Waals surface area contributed by atoms with E-state index in [1.54, 1.807) is 24.3 Å². The van der Waals surface area contributed by atoms with E-state index in [-0.39, 0.29) is 5.84 Å². The topological polar surface area (TPSA) is 68.3 Å². The number of hydrogen-bond donors (Lipinski definition) is 2. The van der Waals surface area contributed by atoms with E-state index >= 15 is 0 Å². The fourth-order valence-corrected chi connectivity index (χ4v) is 1.70. The van der Waals surface area contributed by atoms with Gasteiger partial charge in [0.15, 0.2) is 11.5 Å². The molecule has 104 valence electrons. The number of nitrogen functional groups attached to an aromatic ring is 1. The number of amidine groups is 1. The summed E-state index contributed by atoms with van der Waals surface area (Å²) in [6.45, 7) is 2.72. The van der Waals surface area contributed by atoms with Crippen LogP contribution in [-0.4, -0.2) is 12.4 Å². The van der Waals surface area contributed by atoms with Crippen molar-refractivity contribution in [2.75, 3.05) is 6.61 Å². The third-order valence-corrected chi connectivity index (χ3v) is 2.70. The van der Waals surface area contributed by atoms with Crippen molar-refractivity contribution in [3.05, 3.63) is 54.1 Å². The second-order valence-corrected chi connectivity index (χ2v) is 4.34. The lowest BCUT2D eigenvalue weighted by molar-refractivity contribution is 0.302.